The van der Waals surface area contributed by atoms with Crippen molar-refractivity contribution in [3.63, 3.8) is 0 Å². The van der Waals surface area contributed by atoms with Crippen LogP contribution in [0.2, 0.25) is 0 Å². The molecule has 10 nitrogen and oxygen atoms in total. The number of H-pyrrole nitrogens is 1. The fourth-order valence-electron chi connectivity index (χ4n) is 4.16. The monoisotopic (exact) mass is 490 g/mol. The summed E-state index contributed by atoms with van der Waals surface area (Å²) in [5.41, 5.74) is 2.20. The number of hydrogen-bond donors (Lipinski definition) is 1. The SMILES string of the molecule is CCCn1c(=O)c2[nH]c(-c3ccc(N(CCOC)C(=O)c4cccnc4)nc3)cc2n(CCC)c1=O. The molecule has 4 aromatic heterocycles. The van der Waals surface area contributed by atoms with Gasteiger partial charge in [-0.2, -0.15) is 0 Å². The summed E-state index contributed by atoms with van der Waals surface area (Å²) >= 11 is 0. The molecule has 0 aromatic carbocycles. The van der Waals surface area contributed by atoms with Crippen LogP contribution in [0.5, 0.6) is 0 Å². The van der Waals surface area contributed by atoms with E-state index in [0.29, 0.717) is 60.8 Å². The Bertz CT molecular complexity index is 1450. The second-order valence-corrected chi connectivity index (χ2v) is 8.43. The van der Waals surface area contributed by atoms with E-state index in [0.717, 1.165) is 12.0 Å². The minimum Gasteiger partial charge on any atom is -0.383 e. The van der Waals surface area contributed by atoms with Crippen LogP contribution in [0.4, 0.5) is 5.82 Å². The van der Waals surface area contributed by atoms with E-state index in [1.165, 1.54) is 15.7 Å². The van der Waals surface area contributed by atoms with Crippen LogP contribution in [0.1, 0.15) is 37.0 Å². The minimum absolute atomic E-state index is 0.230. The summed E-state index contributed by atoms with van der Waals surface area (Å²) in [4.78, 5) is 52.4. The zero-order valence-electron chi connectivity index (χ0n) is 20.7. The van der Waals surface area contributed by atoms with Crippen molar-refractivity contribution in [3.05, 3.63) is 75.3 Å². The van der Waals surface area contributed by atoms with Crippen LogP contribution in [0.3, 0.4) is 0 Å². The van der Waals surface area contributed by atoms with Gasteiger partial charge < -0.3 is 9.72 Å². The molecule has 4 heterocycles. The van der Waals surface area contributed by atoms with Crippen LogP contribution in [0.25, 0.3) is 22.3 Å². The maximum absolute atomic E-state index is 13.1. The number of hydrogen-bond acceptors (Lipinski definition) is 6. The Morgan fingerprint density at radius 2 is 1.86 bits per heavy atom. The summed E-state index contributed by atoms with van der Waals surface area (Å²) in [6, 6.07) is 8.80. The molecule has 0 atom stereocenters. The van der Waals surface area contributed by atoms with E-state index in [1.807, 2.05) is 26.0 Å². The number of nitrogens with one attached hydrogen (secondary N) is 1. The number of carbonyl (C=O) groups excluding carboxylic acids is 1. The molecule has 0 bridgehead atoms. The highest BCUT2D eigenvalue weighted by molar-refractivity contribution is 6.05. The van der Waals surface area contributed by atoms with Gasteiger partial charge in [0, 0.05) is 50.0 Å². The van der Waals surface area contributed by atoms with Gasteiger partial charge in [0.15, 0.2) is 0 Å². The third kappa shape index (κ3) is 4.85. The van der Waals surface area contributed by atoms with Gasteiger partial charge in [-0.05, 0) is 43.2 Å². The molecule has 36 heavy (non-hydrogen) atoms. The van der Waals surface area contributed by atoms with E-state index in [1.54, 1.807) is 42.3 Å². The zero-order chi connectivity index (χ0) is 25.7. The quantitative estimate of drug-likeness (QED) is 0.365. The standard InChI is InChI=1S/C26H30N6O4/c1-4-11-30-21-15-20(29-23(21)25(34)32(12-5-2)26(30)35)18-8-9-22(28-17-18)31(13-14-36-3)24(33)19-7-6-10-27-16-19/h6-10,15-17,29H,4-5,11-14H2,1-3H3. The lowest BCUT2D eigenvalue weighted by molar-refractivity contribution is 0.0974. The van der Waals surface area contributed by atoms with Gasteiger partial charge in [0.1, 0.15) is 11.3 Å². The van der Waals surface area contributed by atoms with Crippen molar-refractivity contribution in [2.24, 2.45) is 0 Å². The van der Waals surface area contributed by atoms with Crippen LogP contribution in [0.15, 0.2) is 58.5 Å². The predicted molar refractivity (Wildman–Crippen MR) is 138 cm³/mol. The first-order valence-electron chi connectivity index (χ1n) is 12.0. The van der Waals surface area contributed by atoms with Gasteiger partial charge in [0.05, 0.1) is 24.2 Å². The van der Waals surface area contributed by atoms with Gasteiger partial charge >= 0.3 is 5.69 Å². The number of aryl methyl sites for hydroxylation is 1. The average Bonchev–Trinajstić information content (AvgIpc) is 3.35. The molecular formula is C26H30N6O4. The second kappa shape index (κ2) is 11.1. The molecule has 0 aliphatic carbocycles. The first kappa shape index (κ1) is 25.1. The number of ether oxygens (including phenoxy) is 1. The number of rotatable bonds is 10. The molecule has 0 saturated carbocycles. The highest BCUT2D eigenvalue weighted by atomic mass is 16.5. The Morgan fingerprint density at radius 1 is 1.08 bits per heavy atom. The second-order valence-electron chi connectivity index (χ2n) is 8.43. The lowest BCUT2D eigenvalue weighted by Gasteiger charge is -2.21. The van der Waals surface area contributed by atoms with E-state index in [4.69, 9.17) is 4.74 Å². The molecule has 0 fully saturated rings. The first-order valence-corrected chi connectivity index (χ1v) is 12.0. The molecule has 0 aliphatic heterocycles. The average molecular weight is 491 g/mol. The predicted octanol–water partition coefficient (Wildman–Crippen LogP) is 3.06. The molecule has 1 amide bonds. The summed E-state index contributed by atoms with van der Waals surface area (Å²) in [6.45, 7) is 5.47. The van der Waals surface area contributed by atoms with Gasteiger partial charge in [-0.1, -0.05) is 13.8 Å². The molecule has 0 spiro atoms. The molecule has 0 aliphatic rings. The Kier molecular flexibility index (Phi) is 7.74. The third-order valence-corrected chi connectivity index (χ3v) is 5.91. The number of aromatic nitrogens is 5. The topological polar surface area (TPSA) is 115 Å². The molecule has 1 N–H and O–H groups in total. The smallest absolute Gasteiger partial charge is 0.331 e. The number of nitrogens with zero attached hydrogens (tertiary/aromatic N) is 5. The van der Waals surface area contributed by atoms with Crippen LogP contribution >= 0.6 is 0 Å². The van der Waals surface area contributed by atoms with Crippen molar-refractivity contribution in [2.45, 2.75) is 39.8 Å². The molecule has 0 radical (unpaired) electrons. The van der Waals surface area contributed by atoms with Gasteiger partial charge in [-0.15, -0.1) is 0 Å². The molecule has 4 aromatic rings. The highest BCUT2D eigenvalue weighted by Gasteiger charge is 2.20. The summed E-state index contributed by atoms with van der Waals surface area (Å²) in [7, 11) is 1.58. The van der Waals surface area contributed by atoms with Crippen LogP contribution in [0, 0.1) is 0 Å². The summed E-state index contributed by atoms with van der Waals surface area (Å²) in [5.74, 6) is 0.236. The lowest BCUT2D eigenvalue weighted by Crippen LogP contribution is -2.39. The van der Waals surface area contributed by atoms with Crippen molar-refractivity contribution < 1.29 is 9.53 Å². The summed E-state index contributed by atoms with van der Waals surface area (Å²) in [6.07, 6.45) is 6.22. The fraction of sp³-hybridized carbons (Fsp3) is 0.346. The van der Waals surface area contributed by atoms with E-state index in [2.05, 4.69) is 15.0 Å². The number of fused-ring (bicyclic) bond motifs is 1. The number of amides is 1. The summed E-state index contributed by atoms with van der Waals surface area (Å²) in [5, 5.41) is 0. The molecule has 10 heteroatoms. The van der Waals surface area contributed by atoms with Gasteiger partial charge in [-0.3, -0.25) is 28.6 Å². The van der Waals surface area contributed by atoms with Gasteiger partial charge in [0.25, 0.3) is 11.5 Å². The zero-order valence-corrected chi connectivity index (χ0v) is 20.7. The Hall–Kier alpha value is -4.05. The van der Waals surface area contributed by atoms with E-state index >= 15 is 0 Å². The fourth-order valence-corrected chi connectivity index (χ4v) is 4.16. The Balaban J connectivity index is 1.73. The maximum atomic E-state index is 13.1. The van der Waals surface area contributed by atoms with Crippen molar-refractivity contribution in [1.29, 1.82) is 0 Å². The normalized spacial score (nSPS) is 11.2. The number of carbonyl (C=O) groups is 1. The van der Waals surface area contributed by atoms with Crippen LogP contribution < -0.4 is 16.1 Å². The molecule has 188 valence electrons. The number of anilines is 1. The van der Waals surface area contributed by atoms with Gasteiger partial charge in [-0.25, -0.2) is 9.78 Å². The number of pyridine rings is 2. The van der Waals surface area contributed by atoms with Crippen molar-refractivity contribution in [3.8, 4) is 11.3 Å². The van der Waals surface area contributed by atoms with E-state index in [-0.39, 0.29) is 17.2 Å². The largest absolute Gasteiger partial charge is 0.383 e. The van der Waals surface area contributed by atoms with Crippen molar-refractivity contribution >= 4 is 22.8 Å². The lowest BCUT2D eigenvalue weighted by atomic mass is 10.2. The van der Waals surface area contributed by atoms with E-state index in [9.17, 15) is 14.4 Å². The Morgan fingerprint density at radius 3 is 2.50 bits per heavy atom. The molecule has 0 unspecified atom stereocenters. The molecule has 4 rings (SSSR count). The molecular weight excluding hydrogens is 460 g/mol. The highest BCUT2D eigenvalue weighted by Crippen LogP contribution is 2.24. The summed E-state index contributed by atoms with van der Waals surface area (Å²) < 4.78 is 8.12. The van der Waals surface area contributed by atoms with Crippen molar-refractivity contribution in [1.82, 2.24) is 24.1 Å². The Labute approximate surface area is 208 Å². The maximum Gasteiger partial charge on any atom is 0.331 e. The first-order chi connectivity index (χ1) is 17.5. The number of methoxy groups -OCH3 is 1. The minimum atomic E-state index is -0.326. The van der Waals surface area contributed by atoms with Gasteiger partial charge in [0.2, 0.25) is 0 Å². The van der Waals surface area contributed by atoms with Crippen molar-refractivity contribution in [2.75, 3.05) is 25.2 Å². The van der Waals surface area contributed by atoms with E-state index < -0.39 is 0 Å². The molecule has 0 saturated heterocycles. The number of aromatic amines is 1. The third-order valence-electron chi connectivity index (χ3n) is 5.91. The van der Waals surface area contributed by atoms with Crippen LogP contribution in [-0.2, 0) is 17.8 Å². The van der Waals surface area contributed by atoms with Crippen LogP contribution in [-0.4, -0.2) is 50.3 Å².